The molecule has 1 rings (SSSR count). The van der Waals surface area contributed by atoms with E-state index in [1.807, 2.05) is 19.0 Å². The molecule has 5 heteroatoms. The van der Waals surface area contributed by atoms with Crippen molar-refractivity contribution >= 4 is 11.9 Å². The molecule has 5 nitrogen and oxygen atoms in total. The molecule has 0 aromatic heterocycles. The smallest absolute Gasteiger partial charge is 0.323 e. The highest BCUT2D eigenvalue weighted by Crippen LogP contribution is 2.55. The van der Waals surface area contributed by atoms with Crippen LogP contribution < -0.4 is 0 Å². The van der Waals surface area contributed by atoms with Crippen LogP contribution in [0.25, 0.3) is 0 Å². The zero-order chi connectivity index (χ0) is 13.9. The Bertz CT molecular complexity index is 330. The first kappa shape index (κ1) is 15.0. The number of rotatable bonds is 7. The fourth-order valence-electron chi connectivity index (χ4n) is 2.16. The Morgan fingerprint density at radius 1 is 1.33 bits per heavy atom. The molecule has 1 saturated carbocycles. The summed E-state index contributed by atoms with van der Waals surface area (Å²) in [6.45, 7) is 5.15. The molecule has 2 atom stereocenters. The van der Waals surface area contributed by atoms with Gasteiger partial charge in [-0.05, 0) is 32.4 Å². The molecular weight excluding hydrogens is 232 g/mol. The number of carbonyl (C=O) groups is 2. The Hall–Kier alpha value is -1.10. The number of hydrogen-bond acceptors (Lipinski definition) is 3. The van der Waals surface area contributed by atoms with E-state index in [0.717, 1.165) is 12.8 Å². The molecule has 0 spiro atoms. The van der Waals surface area contributed by atoms with Gasteiger partial charge in [-0.2, -0.15) is 0 Å². The summed E-state index contributed by atoms with van der Waals surface area (Å²) in [5.74, 6) is -0.923. The van der Waals surface area contributed by atoms with Crippen LogP contribution in [0.2, 0.25) is 0 Å². The van der Waals surface area contributed by atoms with Crippen molar-refractivity contribution in [3.8, 4) is 0 Å². The molecule has 0 aromatic carbocycles. The maximum atomic E-state index is 12.3. The Morgan fingerprint density at radius 3 is 2.33 bits per heavy atom. The van der Waals surface area contributed by atoms with Gasteiger partial charge in [0.05, 0.1) is 0 Å². The molecule has 1 N–H and O–H groups in total. The number of amides is 1. The zero-order valence-electron chi connectivity index (χ0n) is 11.8. The summed E-state index contributed by atoms with van der Waals surface area (Å²) >= 11 is 0. The van der Waals surface area contributed by atoms with Gasteiger partial charge in [-0.3, -0.25) is 9.59 Å². The van der Waals surface area contributed by atoms with E-state index < -0.39 is 5.97 Å². The van der Waals surface area contributed by atoms with Gasteiger partial charge in [-0.15, -0.1) is 0 Å². The maximum Gasteiger partial charge on any atom is 0.323 e. The summed E-state index contributed by atoms with van der Waals surface area (Å²) in [6, 6.07) is 0. The van der Waals surface area contributed by atoms with Crippen LogP contribution in [0.5, 0.6) is 0 Å². The van der Waals surface area contributed by atoms with Gasteiger partial charge in [0.2, 0.25) is 5.91 Å². The summed E-state index contributed by atoms with van der Waals surface area (Å²) in [5, 5.41) is 8.88. The van der Waals surface area contributed by atoms with Crippen molar-refractivity contribution in [2.24, 2.45) is 11.3 Å². The SMILES string of the molecule is CCC1(C)CC1C(=O)N(CCN(C)C)CC(=O)O. The Labute approximate surface area is 109 Å². The Morgan fingerprint density at radius 2 is 1.94 bits per heavy atom. The first-order valence-corrected chi connectivity index (χ1v) is 6.45. The molecular formula is C13H24N2O3. The molecule has 2 unspecified atom stereocenters. The third kappa shape index (κ3) is 3.70. The van der Waals surface area contributed by atoms with Crippen LogP contribution in [-0.2, 0) is 9.59 Å². The lowest BCUT2D eigenvalue weighted by atomic mass is 10.0. The molecule has 0 saturated heterocycles. The predicted molar refractivity (Wildman–Crippen MR) is 69.3 cm³/mol. The fraction of sp³-hybridized carbons (Fsp3) is 0.846. The van der Waals surface area contributed by atoms with Crippen LogP contribution in [0.15, 0.2) is 0 Å². The van der Waals surface area contributed by atoms with Gasteiger partial charge >= 0.3 is 5.97 Å². The second-order valence-electron chi connectivity index (χ2n) is 5.72. The minimum absolute atomic E-state index is 0.00333. The average molecular weight is 256 g/mol. The summed E-state index contributed by atoms with van der Waals surface area (Å²) in [7, 11) is 3.83. The number of aliphatic carboxylic acids is 1. The number of nitrogens with zero attached hydrogens (tertiary/aromatic N) is 2. The van der Waals surface area contributed by atoms with Crippen LogP contribution in [0.3, 0.4) is 0 Å². The standard InChI is InChI=1S/C13H24N2O3/c1-5-13(2)8-10(13)12(18)15(9-11(16)17)7-6-14(3)4/h10H,5-9H2,1-4H3,(H,16,17). The lowest BCUT2D eigenvalue weighted by Crippen LogP contribution is -2.41. The molecule has 1 amide bonds. The van der Waals surface area contributed by atoms with Gasteiger partial charge in [0.1, 0.15) is 6.54 Å². The van der Waals surface area contributed by atoms with Gasteiger partial charge in [-0.25, -0.2) is 0 Å². The quantitative estimate of drug-likeness (QED) is 0.735. The van der Waals surface area contributed by atoms with Crippen LogP contribution in [-0.4, -0.2) is 60.5 Å². The highest BCUT2D eigenvalue weighted by Gasteiger charge is 2.54. The summed E-state index contributed by atoms with van der Waals surface area (Å²) < 4.78 is 0. The normalized spacial score (nSPS) is 26.2. The third-order valence-electron chi connectivity index (χ3n) is 3.91. The molecule has 1 aliphatic rings. The molecule has 0 radical (unpaired) electrons. The van der Waals surface area contributed by atoms with Crippen LogP contribution in [0.1, 0.15) is 26.7 Å². The van der Waals surface area contributed by atoms with E-state index in [9.17, 15) is 9.59 Å². The van der Waals surface area contributed by atoms with Crippen molar-refractivity contribution in [3.05, 3.63) is 0 Å². The third-order valence-corrected chi connectivity index (χ3v) is 3.91. The minimum Gasteiger partial charge on any atom is -0.480 e. The van der Waals surface area contributed by atoms with Crippen LogP contribution in [0.4, 0.5) is 0 Å². The summed E-state index contributed by atoms with van der Waals surface area (Å²) in [6.07, 6.45) is 1.86. The van der Waals surface area contributed by atoms with Crippen molar-refractivity contribution in [2.45, 2.75) is 26.7 Å². The van der Waals surface area contributed by atoms with Crippen molar-refractivity contribution < 1.29 is 14.7 Å². The van der Waals surface area contributed by atoms with Gasteiger partial charge < -0.3 is 14.9 Å². The van der Waals surface area contributed by atoms with E-state index in [0.29, 0.717) is 13.1 Å². The molecule has 0 aliphatic heterocycles. The second-order valence-corrected chi connectivity index (χ2v) is 5.72. The topological polar surface area (TPSA) is 60.9 Å². The van der Waals surface area contributed by atoms with Gasteiger partial charge in [0, 0.05) is 19.0 Å². The number of carboxylic acids is 1. The van der Waals surface area contributed by atoms with E-state index in [1.165, 1.54) is 4.90 Å². The largest absolute Gasteiger partial charge is 0.480 e. The summed E-state index contributed by atoms with van der Waals surface area (Å²) in [4.78, 5) is 26.5. The van der Waals surface area contributed by atoms with Crippen molar-refractivity contribution in [2.75, 3.05) is 33.7 Å². The summed E-state index contributed by atoms with van der Waals surface area (Å²) in [5.41, 5.74) is 0.0892. The number of hydrogen-bond donors (Lipinski definition) is 1. The molecule has 104 valence electrons. The van der Waals surface area contributed by atoms with Crippen molar-refractivity contribution in [3.63, 3.8) is 0 Å². The minimum atomic E-state index is -0.944. The first-order chi connectivity index (χ1) is 8.30. The molecule has 0 bridgehead atoms. The van der Waals surface area contributed by atoms with Crippen LogP contribution in [0, 0.1) is 11.3 Å². The van der Waals surface area contributed by atoms with Crippen molar-refractivity contribution in [1.82, 2.24) is 9.80 Å². The number of carbonyl (C=O) groups excluding carboxylic acids is 1. The number of carboxylic acid groups (broad SMARTS) is 1. The van der Waals surface area contributed by atoms with Crippen LogP contribution >= 0.6 is 0 Å². The Balaban J connectivity index is 2.60. The highest BCUT2D eigenvalue weighted by molar-refractivity contribution is 5.85. The van der Waals surface area contributed by atoms with Gasteiger partial charge in [-0.1, -0.05) is 13.8 Å². The first-order valence-electron chi connectivity index (χ1n) is 6.45. The van der Waals surface area contributed by atoms with Gasteiger partial charge in [0.15, 0.2) is 0 Å². The Kier molecular flexibility index (Phi) is 4.73. The monoisotopic (exact) mass is 256 g/mol. The van der Waals surface area contributed by atoms with E-state index in [4.69, 9.17) is 5.11 Å². The second kappa shape index (κ2) is 5.69. The molecule has 1 aliphatic carbocycles. The zero-order valence-corrected chi connectivity index (χ0v) is 11.8. The molecule has 1 fully saturated rings. The average Bonchev–Trinajstić information content (AvgIpc) is 2.96. The fourth-order valence-corrected chi connectivity index (χ4v) is 2.16. The predicted octanol–water partition coefficient (Wildman–Crippen LogP) is 0.897. The van der Waals surface area contributed by atoms with Gasteiger partial charge in [0.25, 0.3) is 0 Å². The van der Waals surface area contributed by atoms with Crippen molar-refractivity contribution in [1.29, 1.82) is 0 Å². The molecule has 0 aromatic rings. The van der Waals surface area contributed by atoms with E-state index >= 15 is 0 Å². The highest BCUT2D eigenvalue weighted by atomic mass is 16.4. The molecule has 18 heavy (non-hydrogen) atoms. The lowest BCUT2D eigenvalue weighted by Gasteiger charge is -2.23. The molecule has 0 heterocycles. The van der Waals surface area contributed by atoms with E-state index in [2.05, 4.69) is 13.8 Å². The van der Waals surface area contributed by atoms with E-state index in [1.54, 1.807) is 0 Å². The number of likely N-dealkylation sites (N-methyl/N-ethyl adjacent to an activating group) is 1. The van der Waals surface area contributed by atoms with E-state index in [-0.39, 0.29) is 23.8 Å². The maximum absolute atomic E-state index is 12.3. The lowest BCUT2D eigenvalue weighted by molar-refractivity contribution is -0.145.